The van der Waals surface area contributed by atoms with Crippen LogP contribution in [-0.4, -0.2) is 85.9 Å². The summed E-state index contributed by atoms with van der Waals surface area (Å²) >= 11 is 0. The molecule has 14 nitrogen and oxygen atoms in total. The van der Waals surface area contributed by atoms with E-state index in [1.54, 1.807) is 30.3 Å². The number of aliphatic carboxylic acids is 1. The average Bonchev–Trinajstić information content (AvgIpc) is 3.41. The molecule has 0 heterocycles. The lowest BCUT2D eigenvalue weighted by atomic mass is 9.98. The number of benzene rings is 3. The Labute approximate surface area is 276 Å². The number of alkyl carbamates (subject to hydrolysis) is 1. The molecule has 0 bridgehead atoms. The molecule has 3 aromatic carbocycles. The second-order valence-corrected chi connectivity index (χ2v) is 10.9. The van der Waals surface area contributed by atoms with E-state index in [1.165, 1.54) is 6.92 Å². The number of hydrogen-bond acceptors (Lipinski definition) is 8. The maximum Gasteiger partial charge on any atom is 0.407 e. The Kier molecular flexibility index (Phi) is 12.6. The number of rotatable bonds is 16. The highest BCUT2D eigenvalue weighted by molar-refractivity contribution is 5.92. The van der Waals surface area contributed by atoms with E-state index in [-0.39, 0.29) is 25.7 Å². The summed E-state index contributed by atoms with van der Waals surface area (Å²) in [6, 6.07) is 23.6. The lowest BCUT2D eigenvalue weighted by molar-refractivity contribution is -0.150. The van der Waals surface area contributed by atoms with E-state index >= 15 is 0 Å². The van der Waals surface area contributed by atoms with E-state index in [0.29, 0.717) is 0 Å². The van der Waals surface area contributed by atoms with Crippen molar-refractivity contribution in [2.75, 3.05) is 33.0 Å². The van der Waals surface area contributed by atoms with Crippen molar-refractivity contribution in [1.29, 1.82) is 0 Å². The van der Waals surface area contributed by atoms with Gasteiger partial charge in [-0.15, -0.1) is 0 Å². The Morgan fingerprint density at radius 2 is 1.27 bits per heavy atom. The molecule has 5 amide bonds. The van der Waals surface area contributed by atoms with Gasteiger partial charge in [-0.3, -0.25) is 19.2 Å². The van der Waals surface area contributed by atoms with Crippen LogP contribution in [0.1, 0.15) is 29.5 Å². The minimum atomic E-state index is -1.19. The third-order valence-corrected chi connectivity index (χ3v) is 7.49. The van der Waals surface area contributed by atoms with E-state index in [9.17, 15) is 28.8 Å². The van der Waals surface area contributed by atoms with Gasteiger partial charge < -0.3 is 41.2 Å². The average molecular weight is 660 g/mol. The number of fused-ring (bicyclic) bond motifs is 3. The molecule has 0 radical (unpaired) electrons. The van der Waals surface area contributed by atoms with Crippen molar-refractivity contribution < 1.29 is 43.3 Å². The van der Waals surface area contributed by atoms with Crippen molar-refractivity contribution in [3.63, 3.8) is 0 Å². The van der Waals surface area contributed by atoms with Crippen LogP contribution in [-0.2, 0) is 39.9 Å². The maximum atomic E-state index is 12.9. The highest BCUT2D eigenvalue weighted by atomic mass is 16.5. The van der Waals surface area contributed by atoms with Crippen LogP contribution in [0.25, 0.3) is 11.1 Å². The molecule has 0 fully saturated rings. The van der Waals surface area contributed by atoms with Gasteiger partial charge in [0.15, 0.2) is 6.10 Å². The Balaban J connectivity index is 1.20. The first-order valence-electron chi connectivity index (χ1n) is 15.2. The molecule has 0 aliphatic heterocycles. The van der Waals surface area contributed by atoms with Gasteiger partial charge in [0.2, 0.25) is 23.6 Å². The summed E-state index contributed by atoms with van der Waals surface area (Å²) in [6.07, 6.45) is -1.83. The number of carboxylic acid groups (broad SMARTS) is 1. The summed E-state index contributed by atoms with van der Waals surface area (Å²) in [5, 5.41) is 20.9. The number of carbonyl (C=O) groups excluding carboxylic acids is 5. The van der Waals surface area contributed by atoms with Gasteiger partial charge in [0, 0.05) is 12.3 Å². The third-order valence-electron chi connectivity index (χ3n) is 7.49. The minimum absolute atomic E-state index is 0.0775. The van der Waals surface area contributed by atoms with Crippen LogP contribution in [0.15, 0.2) is 78.9 Å². The van der Waals surface area contributed by atoms with Crippen LogP contribution in [0.3, 0.4) is 0 Å². The molecule has 0 spiro atoms. The number of carboxylic acids is 1. The fraction of sp³-hybridized carbons (Fsp3) is 0.294. The topological polar surface area (TPSA) is 201 Å². The zero-order valence-electron chi connectivity index (χ0n) is 26.2. The highest BCUT2D eigenvalue weighted by Crippen LogP contribution is 2.44. The third kappa shape index (κ3) is 10.1. The first kappa shape index (κ1) is 35.1. The van der Waals surface area contributed by atoms with Gasteiger partial charge in [-0.05, 0) is 34.7 Å². The van der Waals surface area contributed by atoms with E-state index in [1.807, 2.05) is 48.5 Å². The van der Waals surface area contributed by atoms with E-state index < -0.39 is 67.5 Å². The van der Waals surface area contributed by atoms with Crippen molar-refractivity contribution in [1.82, 2.24) is 26.6 Å². The molecule has 1 aliphatic carbocycles. The molecule has 0 aromatic heterocycles. The van der Waals surface area contributed by atoms with Crippen LogP contribution in [0.2, 0.25) is 0 Å². The Morgan fingerprint density at radius 1 is 0.708 bits per heavy atom. The summed E-state index contributed by atoms with van der Waals surface area (Å²) in [7, 11) is 0. The number of nitrogens with one attached hydrogen (secondary N) is 5. The Morgan fingerprint density at radius 3 is 1.92 bits per heavy atom. The van der Waals surface area contributed by atoms with Gasteiger partial charge in [0.25, 0.3) is 0 Å². The van der Waals surface area contributed by atoms with E-state index in [2.05, 4.69) is 26.6 Å². The molecule has 48 heavy (non-hydrogen) atoms. The van der Waals surface area contributed by atoms with Crippen molar-refractivity contribution >= 4 is 35.7 Å². The van der Waals surface area contributed by atoms with Crippen molar-refractivity contribution in [2.45, 2.75) is 31.4 Å². The first-order valence-corrected chi connectivity index (χ1v) is 15.2. The summed E-state index contributed by atoms with van der Waals surface area (Å²) in [5.41, 5.74) is 5.01. The number of amides is 5. The summed E-state index contributed by atoms with van der Waals surface area (Å²) in [4.78, 5) is 73.2. The molecule has 0 saturated carbocycles. The molecule has 2 atom stereocenters. The predicted molar refractivity (Wildman–Crippen MR) is 172 cm³/mol. The summed E-state index contributed by atoms with van der Waals surface area (Å²) < 4.78 is 10.3. The highest BCUT2D eigenvalue weighted by Gasteiger charge is 2.29. The summed E-state index contributed by atoms with van der Waals surface area (Å²) in [5.74, 6) is -3.97. The molecular weight excluding hydrogens is 622 g/mol. The quantitative estimate of drug-likeness (QED) is 0.122. The largest absolute Gasteiger partial charge is 0.479 e. The van der Waals surface area contributed by atoms with Gasteiger partial charge in [-0.2, -0.15) is 0 Å². The van der Waals surface area contributed by atoms with Crippen molar-refractivity contribution in [3.8, 4) is 11.1 Å². The van der Waals surface area contributed by atoms with Crippen molar-refractivity contribution in [3.05, 3.63) is 95.6 Å². The molecular formula is C34H37N5O9. The fourth-order valence-corrected chi connectivity index (χ4v) is 5.02. The first-order chi connectivity index (χ1) is 23.1. The van der Waals surface area contributed by atoms with Crippen LogP contribution in [0, 0.1) is 0 Å². The molecule has 4 rings (SSSR count). The van der Waals surface area contributed by atoms with Gasteiger partial charge in [-0.1, -0.05) is 78.9 Å². The smallest absolute Gasteiger partial charge is 0.407 e. The van der Waals surface area contributed by atoms with Gasteiger partial charge >= 0.3 is 12.1 Å². The predicted octanol–water partition coefficient (Wildman–Crippen LogP) is 1.05. The van der Waals surface area contributed by atoms with Gasteiger partial charge in [0.1, 0.15) is 25.9 Å². The normalized spacial score (nSPS) is 12.8. The second-order valence-electron chi connectivity index (χ2n) is 10.9. The van der Waals surface area contributed by atoms with Crippen LogP contribution >= 0.6 is 0 Å². The molecule has 252 valence electrons. The lowest BCUT2D eigenvalue weighted by Gasteiger charge is -2.19. The van der Waals surface area contributed by atoms with E-state index in [4.69, 9.17) is 14.6 Å². The zero-order valence-corrected chi connectivity index (χ0v) is 26.2. The molecule has 1 aliphatic rings. The van der Waals surface area contributed by atoms with Crippen LogP contribution < -0.4 is 26.6 Å². The zero-order chi connectivity index (χ0) is 34.5. The standard InChI is InChI=1S/C34H37N5O9/c1-21(33(44)45)48-20-38-30(41)16-36-32(43)28(15-22-9-3-2-4-10-22)39-31(42)18-35-29(40)17-37-34(46)47-19-27-25-13-7-5-11-23(25)24-12-6-8-14-26(24)27/h2-14,21,27-28H,15-20H2,1H3,(H,35,40)(H,36,43)(H,37,46)(H,38,41)(H,39,42)(H,44,45)/t21-,28+/m1/s1. The Hall–Kier alpha value is -5.76. The molecule has 3 aromatic rings. The number of ether oxygens (including phenoxy) is 2. The SMILES string of the molecule is C[C@@H](OCNC(=O)CNC(=O)[C@H](Cc1ccccc1)NC(=O)CNC(=O)CNC(=O)OCC1c2ccccc2-c2ccccc21)C(=O)O. The molecule has 14 heteroatoms. The molecule has 0 saturated heterocycles. The van der Waals surface area contributed by atoms with Crippen molar-refractivity contribution in [2.24, 2.45) is 0 Å². The number of hydrogen-bond donors (Lipinski definition) is 6. The lowest BCUT2D eigenvalue weighted by Crippen LogP contribution is -2.52. The van der Waals surface area contributed by atoms with Gasteiger partial charge in [-0.25, -0.2) is 9.59 Å². The second kappa shape index (κ2) is 17.2. The monoisotopic (exact) mass is 659 g/mol. The van der Waals surface area contributed by atoms with Crippen LogP contribution in [0.4, 0.5) is 4.79 Å². The molecule has 0 unspecified atom stereocenters. The van der Waals surface area contributed by atoms with E-state index in [0.717, 1.165) is 27.8 Å². The maximum absolute atomic E-state index is 12.9. The fourth-order valence-electron chi connectivity index (χ4n) is 5.02. The number of carbonyl (C=O) groups is 6. The summed E-state index contributed by atoms with van der Waals surface area (Å²) in [6.45, 7) is -0.374. The Bertz CT molecular complexity index is 1590. The van der Waals surface area contributed by atoms with Crippen LogP contribution in [0.5, 0.6) is 0 Å². The van der Waals surface area contributed by atoms with Gasteiger partial charge in [0.05, 0.1) is 13.1 Å². The minimum Gasteiger partial charge on any atom is -0.479 e. The molecule has 6 N–H and O–H groups in total.